The number of pyridine rings is 1. The molecule has 5 rings (SSSR count). The van der Waals surface area contributed by atoms with E-state index in [1.807, 2.05) is 30.3 Å². The monoisotopic (exact) mass is 489 g/mol. The fourth-order valence-corrected chi connectivity index (χ4v) is 4.63. The Balaban J connectivity index is 1.37. The van der Waals surface area contributed by atoms with Crippen molar-refractivity contribution >= 4 is 34.3 Å². The number of aromatic nitrogens is 1. The van der Waals surface area contributed by atoms with Gasteiger partial charge in [-0.2, -0.15) is 5.26 Å². The average Bonchev–Trinajstić information content (AvgIpc) is 3.20. The molecule has 36 heavy (non-hydrogen) atoms. The number of rotatable bonds is 4. The van der Waals surface area contributed by atoms with Crippen LogP contribution in [0.4, 0.5) is 14.5 Å². The van der Waals surface area contributed by atoms with E-state index in [0.29, 0.717) is 23.7 Å². The van der Waals surface area contributed by atoms with E-state index < -0.39 is 43.3 Å². The van der Waals surface area contributed by atoms with Crippen LogP contribution in [0.15, 0.2) is 48.7 Å². The summed E-state index contributed by atoms with van der Waals surface area (Å²) in [5, 5.41) is 15.0. The molecule has 0 aliphatic carbocycles. The molecule has 2 aliphatic heterocycles. The number of carbonyl (C=O) groups is 3. The van der Waals surface area contributed by atoms with E-state index in [9.17, 15) is 23.2 Å². The number of fused-ring (bicyclic) bond motifs is 2. The highest BCUT2D eigenvalue weighted by molar-refractivity contribution is 6.07. The van der Waals surface area contributed by atoms with Gasteiger partial charge in [0.05, 0.1) is 30.2 Å². The second-order valence-corrected chi connectivity index (χ2v) is 8.92. The average molecular weight is 489 g/mol. The summed E-state index contributed by atoms with van der Waals surface area (Å²) in [6, 6.07) is 13.3. The summed E-state index contributed by atoms with van der Waals surface area (Å²) in [6.07, 6.45) is 1.83. The van der Waals surface area contributed by atoms with E-state index >= 15 is 0 Å². The number of amides is 3. The van der Waals surface area contributed by atoms with Gasteiger partial charge in [-0.05, 0) is 53.4 Å². The number of carbonyl (C=O) groups excluding carboxylic acids is 3. The van der Waals surface area contributed by atoms with E-state index in [2.05, 4.69) is 15.6 Å². The molecule has 1 atom stereocenters. The summed E-state index contributed by atoms with van der Waals surface area (Å²) >= 11 is 0. The molecule has 10 heteroatoms. The first kappa shape index (κ1) is 23.4. The number of anilines is 1. The standard InChI is InChI=1S/C26H21F2N5O3/c27-26(28)11-18(12-29)33(14-26)24(35)13-31-25(36)19-7-8-30-22-5-2-16(10-20(19)22)15-1-4-21-17(9-15)3-6-23(34)32-21/h1-2,4-5,7-10,18H,3,6,11,13-14H2,(H,31,36)(H,32,34)/t18-/m0/s1. The van der Waals surface area contributed by atoms with Gasteiger partial charge in [0.15, 0.2) is 0 Å². The molecule has 3 aromatic rings. The van der Waals surface area contributed by atoms with Gasteiger partial charge in [0.2, 0.25) is 11.8 Å². The van der Waals surface area contributed by atoms with Crippen molar-refractivity contribution < 1.29 is 23.2 Å². The number of nitriles is 1. The molecule has 3 heterocycles. The van der Waals surface area contributed by atoms with Crippen LogP contribution in [0, 0.1) is 11.3 Å². The van der Waals surface area contributed by atoms with Gasteiger partial charge < -0.3 is 15.5 Å². The number of hydrogen-bond donors (Lipinski definition) is 2. The van der Waals surface area contributed by atoms with Crippen molar-refractivity contribution in [3.63, 3.8) is 0 Å². The van der Waals surface area contributed by atoms with Gasteiger partial charge in [0.1, 0.15) is 6.04 Å². The van der Waals surface area contributed by atoms with Crippen LogP contribution in [0.3, 0.4) is 0 Å². The van der Waals surface area contributed by atoms with Crippen LogP contribution >= 0.6 is 0 Å². The van der Waals surface area contributed by atoms with Crippen molar-refractivity contribution in [2.45, 2.75) is 31.2 Å². The lowest BCUT2D eigenvalue weighted by atomic mass is 9.95. The smallest absolute Gasteiger partial charge is 0.268 e. The largest absolute Gasteiger partial charge is 0.343 e. The van der Waals surface area contributed by atoms with Crippen LogP contribution in [0.25, 0.3) is 22.0 Å². The fraction of sp³-hybridized carbons (Fsp3) is 0.269. The number of nitrogens with one attached hydrogen (secondary N) is 2. The van der Waals surface area contributed by atoms with Gasteiger partial charge in [0.25, 0.3) is 11.8 Å². The molecule has 8 nitrogen and oxygen atoms in total. The summed E-state index contributed by atoms with van der Waals surface area (Å²) in [5.41, 5.74) is 4.43. The van der Waals surface area contributed by atoms with Crippen molar-refractivity contribution in [3.05, 3.63) is 59.8 Å². The zero-order chi connectivity index (χ0) is 25.4. The summed E-state index contributed by atoms with van der Waals surface area (Å²) in [5.74, 6) is -4.43. The molecule has 1 aromatic heterocycles. The first-order valence-electron chi connectivity index (χ1n) is 11.4. The number of alkyl halides is 2. The molecule has 2 aliphatic rings. The van der Waals surface area contributed by atoms with Crippen LogP contribution in [0.2, 0.25) is 0 Å². The van der Waals surface area contributed by atoms with E-state index in [4.69, 9.17) is 5.26 Å². The lowest BCUT2D eigenvalue weighted by Gasteiger charge is -2.19. The highest BCUT2D eigenvalue weighted by atomic mass is 19.3. The molecule has 3 amide bonds. The van der Waals surface area contributed by atoms with E-state index in [1.165, 1.54) is 12.3 Å². The van der Waals surface area contributed by atoms with Crippen LogP contribution < -0.4 is 10.6 Å². The Hall–Kier alpha value is -4.39. The van der Waals surface area contributed by atoms with Gasteiger partial charge in [-0.15, -0.1) is 0 Å². The molecule has 0 radical (unpaired) electrons. The summed E-state index contributed by atoms with van der Waals surface area (Å²) in [7, 11) is 0. The highest BCUT2D eigenvalue weighted by Crippen LogP contribution is 2.32. The SMILES string of the molecule is N#C[C@@H]1CC(F)(F)CN1C(=O)CNC(=O)c1ccnc2ccc(-c3ccc4c(c3)CCC(=O)N4)cc12. The molecule has 0 bridgehead atoms. The normalized spacial score (nSPS) is 18.3. The number of hydrogen-bond acceptors (Lipinski definition) is 5. The second kappa shape index (κ2) is 9.00. The Labute approximate surface area is 204 Å². The summed E-state index contributed by atoms with van der Waals surface area (Å²) < 4.78 is 27.3. The predicted molar refractivity (Wildman–Crippen MR) is 127 cm³/mol. The zero-order valence-corrected chi connectivity index (χ0v) is 19.1. The van der Waals surface area contributed by atoms with Crippen LogP contribution in [-0.4, -0.2) is 52.7 Å². The minimum Gasteiger partial charge on any atom is -0.343 e. The van der Waals surface area contributed by atoms with E-state index in [-0.39, 0.29) is 11.5 Å². The third kappa shape index (κ3) is 4.47. The van der Waals surface area contributed by atoms with Gasteiger partial charge in [-0.3, -0.25) is 19.4 Å². The van der Waals surface area contributed by atoms with Crippen molar-refractivity contribution in [2.24, 2.45) is 0 Å². The number of nitrogens with zero attached hydrogens (tertiary/aromatic N) is 3. The third-order valence-electron chi connectivity index (χ3n) is 6.46. The molecule has 0 saturated carbocycles. The third-order valence-corrected chi connectivity index (χ3v) is 6.46. The zero-order valence-electron chi connectivity index (χ0n) is 19.1. The van der Waals surface area contributed by atoms with Crippen LogP contribution in [0.5, 0.6) is 0 Å². The van der Waals surface area contributed by atoms with Gasteiger partial charge in [-0.25, -0.2) is 8.78 Å². The minimum atomic E-state index is -3.12. The lowest BCUT2D eigenvalue weighted by Crippen LogP contribution is -2.43. The Morgan fingerprint density at radius 1 is 1.17 bits per heavy atom. The van der Waals surface area contributed by atoms with Crippen LogP contribution in [0.1, 0.15) is 28.8 Å². The summed E-state index contributed by atoms with van der Waals surface area (Å²) in [6.45, 7) is -1.35. The number of benzene rings is 2. The number of aryl methyl sites for hydroxylation is 1. The maximum absolute atomic E-state index is 13.7. The van der Waals surface area contributed by atoms with Gasteiger partial charge >= 0.3 is 0 Å². The highest BCUT2D eigenvalue weighted by Gasteiger charge is 2.47. The quantitative estimate of drug-likeness (QED) is 0.584. The van der Waals surface area contributed by atoms with Crippen molar-refractivity contribution in [1.82, 2.24) is 15.2 Å². The second-order valence-electron chi connectivity index (χ2n) is 8.92. The van der Waals surface area contributed by atoms with E-state index in [1.54, 1.807) is 12.1 Å². The van der Waals surface area contributed by atoms with Gasteiger partial charge in [-0.1, -0.05) is 12.1 Å². The maximum atomic E-state index is 13.7. The molecule has 2 aromatic carbocycles. The van der Waals surface area contributed by atoms with Crippen molar-refractivity contribution in [1.29, 1.82) is 5.26 Å². The van der Waals surface area contributed by atoms with Gasteiger partial charge in [0, 0.05) is 30.1 Å². The molecule has 1 saturated heterocycles. The maximum Gasteiger partial charge on any atom is 0.268 e. The molecule has 182 valence electrons. The minimum absolute atomic E-state index is 0.0113. The molecule has 2 N–H and O–H groups in total. The Kier molecular flexibility index (Phi) is 5.84. The lowest BCUT2D eigenvalue weighted by molar-refractivity contribution is -0.131. The first-order valence-corrected chi connectivity index (χ1v) is 11.4. The van der Waals surface area contributed by atoms with Crippen molar-refractivity contribution in [2.75, 3.05) is 18.4 Å². The fourth-order valence-electron chi connectivity index (χ4n) is 4.63. The van der Waals surface area contributed by atoms with Crippen molar-refractivity contribution in [3.8, 4) is 17.2 Å². The Bertz CT molecular complexity index is 1450. The molecular weight excluding hydrogens is 468 g/mol. The Morgan fingerprint density at radius 3 is 2.75 bits per heavy atom. The Morgan fingerprint density at radius 2 is 1.94 bits per heavy atom. The molecular formula is C26H21F2N5O3. The number of likely N-dealkylation sites (tertiary alicyclic amines) is 1. The molecule has 1 fully saturated rings. The molecule has 0 unspecified atom stereocenters. The first-order chi connectivity index (χ1) is 17.2. The predicted octanol–water partition coefficient (Wildman–Crippen LogP) is 3.28. The topological polar surface area (TPSA) is 115 Å². The molecule has 0 spiro atoms. The summed E-state index contributed by atoms with van der Waals surface area (Å²) in [4.78, 5) is 42.2. The van der Waals surface area contributed by atoms with Crippen LogP contribution in [-0.2, 0) is 16.0 Å². The van der Waals surface area contributed by atoms with E-state index in [0.717, 1.165) is 27.3 Å². The number of halogens is 2.